The predicted molar refractivity (Wildman–Crippen MR) is 84.0 cm³/mol. The maximum atomic E-state index is 13.3. The monoisotopic (exact) mass is 327 g/mol. The van der Waals surface area contributed by atoms with Gasteiger partial charge in [-0.15, -0.1) is 0 Å². The maximum Gasteiger partial charge on any atom is 0.320 e. The number of carbonyl (C=O) groups is 1. The minimum atomic E-state index is -0.478. The molecule has 3 aromatic rings. The Bertz CT molecular complexity index is 864. The van der Waals surface area contributed by atoms with E-state index in [1.807, 2.05) is 0 Å². The van der Waals surface area contributed by atoms with Gasteiger partial charge in [-0.1, -0.05) is 29.4 Å². The van der Waals surface area contributed by atoms with Crippen LogP contribution in [0.3, 0.4) is 0 Å². The number of nitrogens with zero attached hydrogens (tertiary/aromatic N) is 2. The summed E-state index contributed by atoms with van der Waals surface area (Å²) in [5.74, 6) is -0.268. The van der Waals surface area contributed by atoms with Crippen molar-refractivity contribution in [2.24, 2.45) is 5.73 Å². The summed E-state index contributed by atoms with van der Waals surface area (Å²) in [6, 6.07) is 13.1. The van der Waals surface area contributed by atoms with Gasteiger partial charge in [0.2, 0.25) is 5.82 Å². The summed E-state index contributed by atoms with van der Waals surface area (Å²) in [4.78, 5) is 15.4. The van der Waals surface area contributed by atoms with Gasteiger partial charge in [-0.05, 0) is 29.8 Å². The van der Waals surface area contributed by atoms with Crippen LogP contribution >= 0.6 is 0 Å². The molecule has 2 aromatic carbocycles. The van der Waals surface area contributed by atoms with Crippen LogP contribution in [0.25, 0.3) is 22.8 Å². The molecule has 0 fully saturated rings. The van der Waals surface area contributed by atoms with Crippen molar-refractivity contribution in [2.75, 3.05) is 6.54 Å². The fraction of sp³-hybridized carbons (Fsp3) is 0.118. The van der Waals surface area contributed by atoms with Crippen molar-refractivity contribution in [3.63, 3.8) is 0 Å². The number of halogens is 1. The van der Waals surface area contributed by atoms with E-state index in [1.54, 1.807) is 36.4 Å². The molecule has 3 rings (SSSR count). The summed E-state index contributed by atoms with van der Waals surface area (Å²) < 4.78 is 23.4. The quantitative estimate of drug-likeness (QED) is 0.724. The molecule has 0 radical (unpaired) electrons. The van der Waals surface area contributed by atoms with Gasteiger partial charge < -0.3 is 15.0 Å². The Kier molecular flexibility index (Phi) is 4.62. The highest BCUT2D eigenvalue weighted by molar-refractivity contribution is 5.71. The molecule has 122 valence electrons. The van der Waals surface area contributed by atoms with Crippen LogP contribution in [0.1, 0.15) is 5.56 Å². The van der Waals surface area contributed by atoms with Crippen molar-refractivity contribution in [3.05, 3.63) is 59.9 Å². The van der Waals surface area contributed by atoms with Crippen molar-refractivity contribution < 1.29 is 18.4 Å². The van der Waals surface area contributed by atoms with Gasteiger partial charge in [0.25, 0.3) is 5.89 Å². The Labute approximate surface area is 137 Å². The molecular weight excluding hydrogens is 313 g/mol. The molecule has 0 saturated heterocycles. The molecule has 6 nitrogen and oxygen atoms in total. The summed E-state index contributed by atoms with van der Waals surface area (Å²) in [5, 5.41) is 3.91. The number of carbonyl (C=O) groups excluding carboxylic acids is 1. The molecule has 0 aliphatic carbocycles. The first-order chi connectivity index (χ1) is 11.7. The van der Waals surface area contributed by atoms with Gasteiger partial charge >= 0.3 is 5.97 Å². The maximum absolute atomic E-state index is 13.3. The highest BCUT2D eigenvalue weighted by atomic mass is 19.1. The van der Waals surface area contributed by atoms with Gasteiger partial charge in [-0.2, -0.15) is 4.98 Å². The Morgan fingerprint density at radius 1 is 1.17 bits per heavy atom. The normalized spacial score (nSPS) is 10.6. The van der Waals surface area contributed by atoms with Crippen LogP contribution in [0.4, 0.5) is 4.39 Å². The lowest BCUT2D eigenvalue weighted by molar-refractivity contribution is -0.143. The van der Waals surface area contributed by atoms with Crippen molar-refractivity contribution in [3.8, 4) is 22.8 Å². The lowest BCUT2D eigenvalue weighted by Gasteiger charge is -2.04. The van der Waals surface area contributed by atoms with E-state index in [0.717, 1.165) is 5.56 Å². The van der Waals surface area contributed by atoms with Crippen molar-refractivity contribution in [1.29, 1.82) is 0 Å². The van der Waals surface area contributed by atoms with Gasteiger partial charge in [0.05, 0.1) is 6.54 Å². The van der Waals surface area contributed by atoms with Crippen LogP contribution in [-0.2, 0) is 16.1 Å². The molecule has 0 unspecified atom stereocenters. The molecule has 24 heavy (non-hydrogen) atoms. The molecule has 0 aliphatic heterocycles. The van der Waals surface area contributed by atoms with E-state index in [0.29, 0.717) is 17.0 Å². The first-order valence-electron chi connectivity index (χ1n) is 7.20. The lowest BCUT2D eigenvalue weighted by atomic mass is 10.1. The number of hydrogen-bond acceptors (Lipinski definition) is 6. The zero-order valence-corrected chi connectivity index (χ0v) is 12.6. The summed E-state index contributed by atoms with van der Waals surface area (Å²) in [6.07, 6.45) is 0. The molecular formula is C17H14FN3O3. The number of rotatable bonds is 5. The second-order valence-electron chi connectivity index (χ2n) is 5.00. The molecule has 7 heteroatoms. The molecule has 0 bridgehead atoms. The molecule has 2 N–H and O–H groups in total. The number of aromatic nitrogens is 2. The second kappa shape index (κ2) is 7.01. The van der Waals surface area contributed by atoms with E-state index in [1.165, 1.54) is 12.1 Å². The number of esters is 1. The number of nitrogens with two attached hydrogens (primary N) is 1. The summed E-state index contributed by atoms with van der Waals surface area (Å²) in [7, 11) is 0. The topological polar surface area (TPSA) is 91.2 Å². The number of hydrogen-bond donors (Lipinski definition) is 1. The Hall–Kier alpha value is -3.06. The first kappa shape index (κ1) is 15.8. The van der Waals surface area contributed by atoms with Crippen molar-refractivity contribution >= 4 is 5.97 Å². The fourth-order valence-corrected chi connectivity index (χ4v) is 2.10. The van der Waals surface area contributed by atoms with Gasteiger partial charge in [0.15, 0.2) is 0 Å². The predicted octanol–water partition coefficient (Wildman–Crippen LogP) is 2.54. The molecule has 0 saturated carbocycles. The van der Waals surface area contributed by atoms with Crippen LogP contribution in [-0.4, -0.2) is 22.7 Å². The first-order valence-corrected chi connectivity index (χ1v) is 7.20. The van der Waals surface area contributed by atoms with Crippen LogP contribution in [0.15, 0.2) is 53.1 Å². The SMILES string of the molecule is NCC(=O)OCc1cccc(-c2noc(-c3cccc(F)c3)n2)c1. The van der Waals surface area contributed by atoms with E-state index < -0.39 is 5.97 Å². The molecule has 0 amide bonds. The third-order valence-corrected chi connectivity index (χ3v) is 3.25. The standard InChI is InChI=1S/C17H14FN3O3/c18-14-6-2-5-13(8-14)17-20-16(21-24-17)12-4-1-3-11(7-12)10-23-15(22)9-19/h1-8H,9-10,19H2. The molecule has 0 atom stereocenters. The van der Waals surface area contributed by atoms with E-state index in [-0.39, 0.29) is 24.9 Å². The lowest BCUT2D eigenvalue weighted by Crippen LogP contribution is -2.16. The van der Waals surface area contributed by atoms with Gasteiger partial charge in [0, 0.05) is 11.1 Å². The smallest absolute Gasteiger partial charge is 0.320 e. The Morgan fingerprint density at radius 3 is 2.75 bits per heavy atom. The van der Waals surface area contributed by atoms with Crippen LogP contribution in [0.2, 0.25) is 0 Å². The zero-order chi connectivity index (χ0) is 16.9. The van der Waals surface area contributed by atoms with Crippen LogP contribution in [0.5, 0.6) is 0 Å². The molecule has 0 aliphatic rings. The average Bonchev–Trinajstić information content (AvgIpc) is 3.10. The minimum absolute atomic E-state index is 0.110. The van der Waals surface area contributed by atoms with Gasteiger partial charge in [-0.3, -0.25) is 4.79 Å². The van der Waals surface area contributed by atoms with E-state index >= 15 is 0 Å². The number of benzene rings is 2. The Morgan fingerprint density at radius 2 is 1.96 bits per heavy atom. The highest BCUT2D eigenvalue weighted by Gasteiger charge is 2.12. The molecule has 0 spiro atoms. The van der Waals surface area contributed by atoms with E-state index in [2.05, 4.69) is 10.1 Å². The van der Waals surface area contributed by atoms with Crippen molar-refractivity contribution in [2.45, 2.75) is 6.61 Å². The highest BCUT2D eigenvalue weighted by Crippen LogP contribution is 2.23. The van der Waals surface area contributed by atoms with Crippen LogP contribution < -0.4 is 5.73 Å². The van der Waals surface area contributed by atoms with Gasteiger partial charge in [-0.25, -0.2) is 4.39 Å². The van der Waals surface area contributed by atoms with Crippen LogP contribution in [0, 0.1) is 5.82 Å². The van der Waals surface area contributed by atoms with E-state index in [9.17, 15) is 9.18 Å². The number of ether oxygens (including phenoxy) is 1. The third kappa shape index (κ3) is 3.64. The summed E-state index contributed by atoms with van der Waals surface area (Å²) >= 11 is 0. The van der Waals surface area contributed by atoms with Crippen molar-refractivity contribution in [1.82, 2.24) is 10.1 Å². The Balaban J connectivity index is 1.81. The second-order valence-corrected chi connectivity index (χ2v) is 5.00. The zero-order valence-electron chi connectivity index (χ0n) is 12.6. The van der Waals surface area contributed by atoms with E-state index in [4.69, 9.17) is 15.0 Å². The summed E-state index contributed by atoms with van der Waals surface area (Å²) in [6.45, 7) is -0.0555. The fourth-order valence-electron chi connectivity index (χ4n) is 2.10. The molecule has 1 aromatic heterocycles. The minimum Gasteiger partial charge on any atom is -0.460 e. The largest absolute Gasteiger partial charge is 0.460 e. The van der Waals surface area contributed by atoms with Gasteiger partial charge in [0.1, 0.15) is 12.4 Å². The third-order valence-electron chi connectivity index (χ3n) is 3.25. The summed E-state index contributed by atoms with van der Waals surface area (Å²) in [5.41, 5.74) is 7.16. The molecule has 1 heterocycles. The average molecular weight is 327 g/mol.